The van der Waals surface area contributed by atoms with Gasteiger partial charge in [-0.25, -0.2) is 13.8 Å². The van der Waals surface area contributed by atoms with Crippen LogP contribution in [0.4, 0.5) is 31.9 Å². The van der Waals surface area contributed by atoms with Gasteiger partial charge in [0.05, 0.1) is 12.7 Å². The van der Waals surface area contributed by atoms with E-state index in [9.17, 15) is 8.78 Å². The summed E-state index contributed by atoms with van der Waals surface area (Å²) in [6.07, 6.45) is 3.34. The van der Waals surface area contributed by atoms with Crippen molar-refractivity contribution in [2.75, 3.05) is 23.4 Å². The molecule has 0 saturated carbocycles. The van der Waals surface area contributed by atoms with Gasteiger partial charge in [0.25, 0.3) is 0 Å². The van der Waals surface area contributed by atoms with Crippen LogP contribution >= 0.6 is 0 Å². The van der Waals surface area contributed by atoms with Gasteiger partial charge >= 0.3 is 0 Å². The lowest BCUT2D eigenvalue weighted by atomic mass is 10.1. The van der Waals surface area contributed by atoms with Gasteiger partial charge in [-0.1, -0.05) is 12.1 Å². The number of nitrogens with one attached hydrogen (secondary N) is 1. The quantitative estimate of drug-likeness (QED) is 0.467. The van der Waals surface area contributed by atoms with Crippen molar-refractivity contribution in [2.45, 2.75) is 6.92 Å². The van der Waals surface area contributed by atoms with Crippen molar-refractivity contribution in [1.29, 1.82) is 0 Å². The van der Waals surface area contributed by atoms with Crippen LogP contribution < -0.4 is 15.0 Å². The van der Waals surface area contributed by atoms with Gasteiger partial charge in [0, 0.05) is 29.3 Å². The van der Waals surface area contributed by atoms with E-state index < -0.39 is 11.6 Å². The second-order valence-corrected chi connectivity index (χ2v) is 7.40. The predicted molar refractivity (Wildman–Crippen MR) is 119 cm³/mol. The molecule has 160 valence electrons. The highest BCUT2D eigenvalue weighted by atomic mass is 19.1. The Labute approximate surface area is 183 Å². The normalized spacial score (nSPS) is 12.8. The maximum atomic E-state index is 13.8. The molecular weight excluding hydrogens is 412 g/mol. The van der Waals surface area contributed by atoms with Crippen LogP contribution in [-0.2, 0) is 0 Å². The molecule has 0 atom stereocenters. The lowest BCUT2D eigenvalue weighted by Gasteiger charge is -2.30. The molecule has 0 bridgehead atoms. The van der Waals surface area contributed by atoms with Crippen molar-refractivity contribution in [2.24, 2.45) is 0 Å². The van der Waals surface area contributed by atoms with Crippen molar-refractivity contribution in [3.05, 3.63) is 84.3 Å². The summed E-state index contributed by atoms with van der Waals surface area (Å²) in [6.45, 7) is 2.72. The first kappa shape index (κ1) is 19.9. The molecule has 0 unspecified atom stereocenters. The number of pyridine rings is 1. The predicted octanol–water partition coefficient (Wildman–Crippen LogP) is 5.40. The number of nitrogens with zero attached hydrogens (tertiary/aromatic N) is 4. The van der Waals surface area contributed by atoms with Crippen molar-refractivity contribution in [3.63, 3.8) is 0 Å². The van der Waals surface area contributed by atoms with Crippen LogP contribution in [0.25, 0.3) is 11.1 Å². The average Bonchev–Trinajstić information content (AvgIpc) is 2.78. The fraction of sp³-hybridized carbons (Fsp3) is 0.125. The van der Waals surface area contributed by atoms with Gasteiger partial charge in [0.1, 0.15) is 18.2 Å². The zero-order valence-corrected chi connectivity index (χ0v) is 17.2. The van der Waals surface area contributed by atoms with E-state index in [4.69, 9.17) is 4.74 Å². The Morgan fingerprint density at radius 1 is 0.938 bits per heavy atom. The zero-order chi connectivity index (χ0) is 22.1. The number of halogens is 2. The Kier molecular flexibility index (Phi) is 5.10. The van der Waals surface area contributed by atoms with E-state index in [1.165, 1.54) is 12.1 Å². The largest absolute Gasteiger partial charge is 0.486 e. The highest BCUT2D eigenvalue weighted by Crippen LogP contribution is 2.36. The number of hydrogen-bond donors (Lipinski definition) is 1. The molecule has 2 aromatic carbocycles. The maximum absolute atomic E-state index is 13.8. The van der Waals surface area contributed by atoms with Gasteiger partial charge in [0.15, 0.2) is 11.6 Å². The van der Waals surface area contributed by atoms with Gasteiger partial charge in [0.2, 0.25) is 5.95 Å². The summed E-state index contributed by atoms with van der Waals surface area (Å²) >= 11 is 0. The third-order valence-electron chi connectivity index (χ3n) is 5.09. The van der Waals surface area contributed by atoms with E-state index in [0.717, 1.165) is 28.6 Å². The number of anilines is 4. The van der Waals surface area contributed by atoms with Crippen LogP contribution in [0.15, 0.2) is 67.0 Å². The first-order chi connectivity index (χ1) is 15.5. The molecule has 8 heteroatoms. The highest BCUT2D eigenvalue weighted by Gasteiger charge is 2.23. The van der Waals surface area contributed by atoms with E-state index >= 15 is 0 Å². The minimum atomic E-state index is -0.648. The zero-order valence-electron chi connectivity index (χ0n) is 17.2. The fourth-order valence-electron chi connectivity index (χ4n) is 3.62. The number of aromatic nitrogens is 3. The molecule has 4 aromatic rings. The second-order valence-electron chi connectivity index (χ2n) is 7.40. The monoisotopic (exact) mass is 431 g/mol. The topological polar surface area (TPSA) is 63.2 Å². The molecular formula is C24H19F2N5O. The van der Waals surface area contributed by atoms with E-state index in [1.807, 2.05) is 43.3 Å². The van der Waals surface area contributed by atoms with Crippen LogP contribution in [0, 0.1) is 18.6 Å². The Bertz CT molecular complexity index is 1260. The first-order valence-electron chi connectivity index (χ1n) is 10.1. The van der Waals surface area contributed by atoms with Gasteiger partial charge in [-0.2, -0.15) is 4.98 Å². The third kappa shape index (κ3) is 4.07. The smallest absolute Gasteiger partial charge is 0.229 e. The van der Waals surface area contributed by atoms with Crippen molar-refractivity contribution < 1.29 is 13.5 Å². The average molecular weight is 431 g/mol. The molecule has 0 amide bonds. The molecule has 5 rings (SSSR count). The van der Waals surface area contributed by atoms with Crippen LogP contribution in [-0.4, -0.2) is 28.1 Å². The molecule has 32 heavy (non-hydrogen) atoms. The van der Waals surface area contributed by atoms with Crippen LogP contribution in [0.1, 0.15) is 5.69 Å². The number of ether oxygens (including phenoxy) is 1. The highest BCUT2D eigenvalue weighted by molar-refractivity contribution is 5.70. The maximum Gasteiger partial charge on any atom is 0.229 e. The van der Waals surface area contributed by atoms with E-state index in [-0.39, 0.29) is 0 Å². The molecule has 6 nitrogen and oxygen atoms in total. The Morgan fingerprint density at radius 2 is 1.72 bits per heavy atom. The van der Waals surface area contributed by atoms with Crippen LogP contribution in [0.5, 0.6) is 5.75 Å². The summed E-state index contributed by atoms with van der Waals surface area (Å²) in [6, 6.07) is 15.2. The third-order valence-corrected chi connectivity index (χ3v) is 5.09. The SMILES string of the molecule is Cc1cc(-c2ccc(Nc3ncc4c(n3)N(c3cc(F)cc(F)c3)CCO4)cc2)ccn1. The molecule has 1 aliphatic rings. The first-order valence-corrected chi connectivity index (χ1v) is 10.1. The lowest BCUT2D eigenvalue weighted by Crippen LogP contribution is -2.30. The van der Waals surface area contributed by atoms with E-state index in [1.54, 1.807) is 17.3 Å². The molecule has 2 aromatic heterocycles. The van der Waals surface area contributed by atoms with Crippen LogP contribution in [0.2, 0.25) is 0 Å². The summed E-state index contributed by atoms with van der Waals surface area (Å²) in [5.41, 5.74) is 4.29. The molecule has 0 aliphatic carbocycles. The Morgan fingerprint density at radius 3 is 2.47 bits per heavy atom. The lowest BCUT2D eigenvalue weighted by molar-refractivity contribution is 0.310. The molecule has 3 heterocycles. The van der Waals surface area contributed by atoms with E-state index in [0.29, 0.717) is 36.4 Å². The van der Waals surface area contributed by atoms with Gasteiger partial charge < -0.3 is 15.0 Å². The molecule has 0 fully saturated rings. The Hall–Kier alpha value is -4.07. The summed E-state index contributed by atoms with van der Waals surface area (Å²) in [4.78, 5) is 14.8. The molecule has 0 spiro atoms. The minimum Gasteiger partial charge on any atom is -0.486 e. The summed E-state index contributed by atoms with van der Waals surface area (Å²) in [7, 11) is 0. The van der Waals surface area contributed by atoms with Gasteiger partial charge in [-0.15, -0.1) is 0 Å². The molecule has 0 radical (unpaired) electrons. The minimum absolute atomic E-state index is 0.351. The number of hydrogen-bond acceptors (Lipinski definition) is 6. The Balaban J connectivity index is 1.41. The van der Waals surface area contributed by atoms with Gasteiger partial charge in [-0.3, -0.25) is 4.98 Å². The van der Waals surface area contributed by atoms with Crippen LogP contribution in [0.3, 0.4) is 0 Å². The fourth-order valence-corrected chi connectivity index (χ4v) is 3.62. The van der Waals surface area contributed by atoms with Crippen molar-refractivity contribution in [1.82, 2.24) is 15.0 Å². The number of rotatable bonds is 4. The second kappa shape index (κ2) is 8.22. The van der Waals surface area contributed by atoms with Gasteiger partial charge in [-0.05, 0) is 54.4 Å². The number of aryl methyl sites for hydroxylation is 1. The number of fused-ring (bicyclic) bond motifs is 1. The van der Waals surface area contributed by atoms with Crippen molar-refractivity contribution >= 4 is 23.1 Å². The van der Waals surface area contributed by atoms with E-state index in [2.05, 4.69) is 20.3 Å². The standard InChI is InChI=1S/C24H19F2N5O/c1-15-10-17(6-7-27-15)16-2-4-20(5-3-16)29-24-28-14-22-23(30-24)31(8-9-32-22)21-12-18(25)11-19(26)13-21/h2-7,10-14H,8-9H2,1H3,(H,28,29,30). The summed E-state index contributed by atoms with van der Waals surface area (Å²) in [5.74, 6) is -0.0454. The number of benzene rings is 2. The summed E-state index contributed by atoms with van der Waals surface area (Å²) < 4.78 is 33.1. The molecule has 0 saturated heterocycles. The van der Waals surface area contributed by atoms with Crippen molar-refractivity contribution in [3.8, 4) is 16.9 Å². The molecule has 1 aliphatic heterocycles. The summed E-state index contributed by atoms with van der Waals surface area (Å²) in [5, 5.41) is 3.17. The molecule has 1 N–H and O–H groups in total.